The van der Waals surface area contributed by atoms with E-state index in [-0.39, 0.29) is 0 Å². The molecule has 1 aromatic heterocycles. The molecule has 3 rings (SSSR count). The first-order chi connectivity index (χ1) is 6.84. The highest BCUT2D eigenvalue weighted by Gasteiger charge is 2.39. The molecule has 74 valence electrons. The van der Waals surface area contributed by atoms with Gasteiger partial charge in [-0.15, -0.1) is 0 Å². The molecule has 0 bridgehead atoms. The third-order valence-corrected chi connectivity index (χ3v) is 2.97. The summed E-state index contributed by atoms with van der Waals surface area (Å²) in [6.07, 6.45) is 6.77. The highest BCUT2D eigenvalue weighted by molar-refractivity contribution is 6.29. The lowest BCUT2D eigenvalue weighted by molar-refractivity contribution is 0.770. The summed E-state index contributed by atoms with van der Waals surface area (Å²) in [5.41, 5.74) is 0. The van der Waals surface area contributed by atoms with Gasteiger partial charge in [0, 0.05) is 18.2 Å². The molecule has 0 amide bonds. The van der Waals surface area contributed by atoms with Crippen molar-refractivity contribution in [1.29, 1.82) is 0 Å². The number of halogens is 1. The Morgan fingerprint density at radius 1 is 1.14 bits per heavy atom. The summed E-state index contributed by atoms with van der Waals surface area (Å²) in [7, 11) is 0. The summed E-state index contributed by atoms with van der Waals surface area (Å²) < 4.78 is 0. The van der Waals surface area contributed by atoms with Crippen molar-refractivity contribution in [1.82, 2.24) is 9.97 Å². The fraction of sp³-hybridized carbons (Fsp3) is 0.600. The first-order valence-corrected chi connectivity index (χ1v) is 5.48. The highest BCUT2D eigenvalue weighted by atomic mass is 35.5. The number of nitrogens with zero attached hydrogens (tertiary/aromatic N) is 3. The van der Waals surface area contributed by atoms with Crippen LogP contribution in [0.25, 0.3) is 0 Å². The van der Waals surface area contributed by atoms with Gasteiger partial charge in [-0.1, -0.05) is 11.6 Å². The molecule has 1 heterocycles. The molecule has 0 aromatic carbocycles. The summed E-state index contributed by atoms with van der Waals surface area (Å²) in [5.74, 6) is 1.01. The average molecular weight is 210 g/mol. The lowest BCUT2D eigenvalue weighted by atomic mass is 10.4. The number of hydrogen-bond acceptors (Lipinski definition) is 3. The van der Waals surface area contributed by atoms with Gasteiger partial charge in [0.1, 0.15) is 17.3 Å². The summed E-state index contributed by atoms with van der Waals surface area (Å²) >= 11 is 5.86. The predicted octanol–water partition coefficient (Wildman–Crippen LogP) is 2.26. The zero-order chi connectivity index (χ0) is 9.54. The van der Waals surface area contributed by atoms with Crippen LogP contribution in [0.15, 0.2) is 12.4 Å². The fourth-order valence-corrected chi connectivity index (χ4v) is 1.98. The predicted molar refractivity (Wildman–Crippen MR) is 55.6 cm³/mol. The van der Waals surface area contributed by atoms with Gasteiger partial charge in [0.25, 0.3) is 0 Å². The van der Waals surface area contributed by atoms with Crippen molar-refractivity contribution in [2.24, 2.45) is 0 Å². The zero-order valence-electron chi connectivity index (χ0n) is 7.86. The molecular formula is C10H12ClN3. The van der Waals surface area contributed by atoms with Gasteiger partial charge in [-0.05, 0) is 25.7 Å². The lowest BCUT2D eigenvalue weighted by Gasteiger charge is -2.22. The maximum Gasteiger partial charge on any atom is 0.134 e. The van der Waals surface area contributed by atoms with E-state index in [4.69, 9.17) is 11.6 Å². The maximum atomic E-state index is 5.86. The molecule has 2 saturated carbocycles. The monoisotopic (exact) mass is 209 g/mol. The zero-order valence-corrected chi connectivity index (χ0v) is 8.61. The van der Waals surface area contributed by atoms with E-state index in [9.17, 15) is 0 Å². The topological polar surface area (TPSA) is 29.0 Å². The summed E-state index contributed by atoms with van der Waals surface area (Å²) in [6.45, 7) is 0. The average Bonchev–Trinajstić information content (AvgIpc) is 2.98. The molecule has 0 atom stereocenters. The molecule has 2 aliphatic carbocycles. The highest BCUT2D eigenvalue weighted by Crippen LogP contribution is 2.40. The van der Waals surface area contributed by atoms with Gasteiger partial charge < -0.3 is 4.90 Å². The largest absolute Gasteiger partial charge is 0.351 e. The van der Waals surface area contributed by atoms with Gasteiger partial charge in [-0.2, -0.15) is 0 Å². The molecule has 0 aliphatic heterocycles. The third kappa shape index (κ3) is 1.57. The lowest BCUT2D eigenvalue weighted by Crippen LogP contribution is -2.28. The van der Waals surface area contributed by atoms with E-state index in [1.807, 2.05) is 6.07 Å². The Kier molecular flexibility index (Phi) is 1.87. The quantitative estimate of drug-likeness (QED) is 0.716. The standard InChI is InChI=1S/C10H12ClN3/c11-9-5-10(13-6-12-9)14(7-1-2-7)8-3-4-8/h5-8H,1-4H2. The number of anilines is 1. The van der Waals surface area contributed by atoms with Crippen molar-refractivity contribution >= 4 is 17.4 Å². The number of hydrogen-bond donors (Lipinski definition) is 0. The molecule has 0 spiro atoms. The molecular weight excluding hydrogens is 198 g/mol. The van der Waals surface area contributed by atoms with Crippen LogP contribution in [0.4, 0.5) is 5.82 Å². The molecule has 2 aliphatic rings. The van der Waals surface area contributed by atoms with Gasteiger partial charge in [0.2, 0.25) is 0 Å². The Labute approximate surface area is 88.1 Å². The molecule has 0 saturated heterocycles. The van der Waals surface area contributed by atoms with E-state index >= 15 is 0 Å². The van der Waals surface area contributed by atoms with Crippen molar-refractivity contribution in [2.45, 2.75) is 37.8 Å². The summed E-state index contributed by atoms with van der Waals surface area (Å²) in [4.78, 5) is 10.6. The van der Waals surface area contributed by atoms with E-state index in [2.05, 4.69) is 14.9 Å². The van der Waals surface area contributed by atoms with Crippen molar-refractivity contribution in [3.63, 3.8) is 0 Å². The van der Waals surface area contributed by atoms with Crippen LogP contribution >= 0.6 is 11.6 Å². The fourth-order valence-electron chi connectivity index (χ4n) is 1.84. The minimum Gasteiger partial charge on any atom is -0.351 e. The Hall–Kier alpha value is -0.830. The molecule has 0 radical (unpaired) electrons. The normalized spacial score (nSPS) is 20.9. The van der Waals surface area contributed by atoms with Crippen LogP contribution in [-0.4, -0.2) is 22.1 Å². The van der Waals surface area contributed by atoms with E-state index in [1.165, 1.54) is 25.7 Å². The van der Waals surface area contributed by atoms with Crippen LogP contribution in [0.2, 0.25) is 5.15 Å². The van der Waals surface area contributed by atoms with Crippen LogP contribution in [-0.2, 0) is 0 Å². The smallest absolute Gasteiger partial charge is 0.134 e. The van der Waals surface area contributed by atoms with Crippen LogP contribution in [0.5, 0.6) is 0 Å². The van der Waals surface area contributed by atoms with Gasteiger partial charge in [0.15, 0.2) is 0 Å². The second kappa shape index (κ2) is 3.09. The van der Waals surface area contributed by atoms with Crippen LogP contribution in [0.1, 0.15) is 25.7 Å². The van der Waals surface area contributed by atoms with Crippen molar-refractivity contribution < 1.29 is 0 Å². The summed E-state index contributed by atoms with van der Waals surface area (Å²) in [6, 6.07) is 3.31. The minimum absolute atomic E-state index is 0.543. The Bertz CT molecular complexity index is 335. The van der Waals surface area contributed by atoms with Gasteiger partial charge in [-0.3, -0.25) is 0 Å². The van der Waals surface area contributed by atoms with Crippen LogP contribution in [0.3, 0.4) is 0 Å². The third-order valence-electron chi connectivity index (χ3n) is 2.76. The molecule has 4 heteroatoms. The van der Waals surface area contributed by atoms with E-state index in [0.717, 1.165) is 5.82 Å². The van der Waals surface area contributed by atoms with E-state index in [0.29, 0.717) is 17.2 Å². The molecule has 3 nitrogen and oxygen atoms in total. The Morgan fingerprint density at radius 2 is 1.79 bits per heavy atom. The molecule has 2 fully saturated rings. The first-order valence-electron chi connectivity index (χ1n) is 5.10. The second-order valence-corrected chi connectivity index (χ2v) is 4.46. The van der Waals surface area contributed by atoms with Gasteiger partial charge >= 0.3 is 0 Å². The van der Waals surface area contributed by atoms with Crippen molar-refractivity contribution in [3.8, 4) is 0 Å². The van der Waals surface area contributed by atoms with Gasteiger partial charge in [-0.25, -0.2) is 9.97 Å². The number of aromatic nitrogens is 2. The minimum atomic E-state index is 0.543. The van der Waals surface area contributed by atoms with Crippen molar-refractivity contribution in [3.05, 3.63) is 17.5 Å². The SMILES string of the molecule is Clc1cc(N(C2CC2)C2CC2)ncn1. The Balaban J connectivity index is 1.89. The van der Waals surface area contributed by atoms with Crippen LogP contribution < -0.4 is 4.90 Å². The van der Waals surface area contributed by atoms with Gasteiger partial charge in [0.05, 0.1) is 0 Å². The first kappa shape index (κ1) is 8.48. The maximum absolute atomic E-state index is 5.86. The molecule has 0 unspecified atom stereocenters. The van der Waals surface area contributed by atoms with Crippen LogP contribution in [0, 0.1) is 0 Å². The number of rotatable bonds is 3. The van der Waals surface area contributed by atoms with Crippen molar-refractivity contribution in [2.75, 3.05) is 4.90 Å². The van der Waals surface area contributed by atoms with E-state index in [1.54, 1.807) is 6.33 Å². The molecule has 14 heavy (non-hydrogen) atoms. The summed E-state index contributed by atoms with van der Waals surface area (Å²) in [5, 5.41) is 0.543. The Morgan fingerprint density at radius 3 is 2.29 bits per heavy atom. The molecule has 0 N–H and O–H groups in total. The second-order valence-electron chi connectivity index (χ2n) is 4.07. The van der Waals surface area contributed by atoms with E-state index < -0.39 is 0 Å². The molecule has 1 aromatic rings.